The predicted molar refractivity (Wildman–Crippen MR) is 93.1 cm³/mol. The largest absolute Gasteiger partial charge is 0.292 e. The van der Waals surface area contributed by atoms with Crippen LogP contribution in [0.15, 0.2) is 59.6 Å². The van der Waals surface area contributed by atoms with Gasteiger partial charge in [-0.05, 0) is 38.6 Å². The minimum absolute atomic E-state index is 0.125. The molecule has 3 aromatic rings. The zero-order valence-electron chi connectivity index (χ0n) is 12.9. The number of fused-ring (bicyclic) bond motifs is 2. The van der Waals surface area contributed by atoms with Gasteiger partial charge in [-0.25, -0.2) is 0 Å². The maximum atomic E-state index is 4.69. The maximum absolute atomic E-state index is 4.69. The van der Waals surface area contributed by atoms with Crippen LogP contribution >= 0.6 is 0 Å². The fourth-order valence-electron chi connectivity index (χ4n) is 2.69. The Labute approximate surface area is 126 Å². The zero-order chi connectivity index (χ0) is 14.9. The second-order valence-electron chi connectivity index (χ2n) is 6.63. The number of aliphatic imine (C=N–C) groups is 1. The van der Waals surface area contributed by atoms with E-state index in [1.165, 1.54) is 27.1 Å². The first kappa shape index (κ1) is 13.8. The number of benzene rings is 3. The summed E-state index contributed by atoms with van der Waals surface area (Å²) in [5.74, 6) is 0. The standard InChI is InChI=1S/C20H21N/c1-20(2,3)14-21-13-19-17-10-6-4-8-15(17)12-16-9-5-7-11-18(16)19/h4-12,14H,13H2,1-3H3. The Balaban J connectivity index is 2.18. The van der Waals surface area contributed by atoms with Crippen LogP contribution in [-0.2, 0) is 6.54 Å². The second-order valence-corrected chi connectivity index (χ2v) is 6.63. The molecular formula is C20H21N. The highest BCUT2D eigenvalue weighted by Gasteiger charge is 2.08. The van der Waals surface area contributed by atoms with Gasteiger partial charge in [-0.3, -0.25) is 4.99 Å². The van der Waals surface area contributed by atoms with E-state index in [1.807, 2.05) is 0 Å². The van der Waals surface area contributed by atoms with Crippen LogP contribution in [0.2, 0.25) is 0 Å². The van der Waals surface area contributed by atoms with Gasteiger partial charge in [-0.2, -0.15) is 0 Å². The van der Waals surface area contributed by atoms with E-state index < -0.39 is 0 Å². The van der Waals surface area contributed by atoms with Gasteiger partial charge < -0.3 is 0 Å². The Morgan fingerprint density at radius 1 is 0.857 bits per heavy atom. The first-order valence-electron chi connectivity index (χ1n) is 7.45. The van der Waals surface area contributed by atoms with Gasteiger partial charge in [0.15, 0.2) is 0 Å². The molecule has 0 saturated carbocycles. The van der Waals surface area contributed by atoms with Crippen molar-refractivity contribution in [1.82, 2.24) is 0 Å². The van der Waals surface area contributed by atoms with Crippen LogP contribution in [0.5, 0.6) is 0 Å². The van der Waals surface area contributed by atoms with Crippen LogP contribution in [-0.4, -0.2) is 6.21 Å². The minimum Gasteiger partial charge on any atom is -0.292 e. The van der Waals surface area contributed by atoms with E-state index in [2.05, 4.69) is 86.6 Å². The first-order chi connectivity index (χ1) is 10.0. The van der Waals surface area contributed by atoms with Gasteiger partial charge in [-0.15, -0.1) is 0 Å². The molecule has 0 amide bonds. The maximum Gasteiger partial charge on any atom is 0.0648 e. The molecule has 1 heteroatoms. The van der Waals surface area contributed by atoms with Gasteiger partial charge in [0.2, 0.25) is 0 Å². The molecule has 0 fully saturated rings. The normalized spacial score (nSPS) is 12.5. The van der Waals surface area contributed by atoms with Crippen molar-refractivity contribution in [3.8, 4) is 0 Å². The molecular weight excluding hydrogens is 254 g/mol. The summed E-state index contributed by atoms with van der Waals surface area (Å²) in [4.78, 5) is 4.69. The molecule has 0 saturated heterocycles. The van der Waals surface area contributed by atoms with E-state index in [0.29, 0.717) is 0 Å². The van der Waals surface area contributed by atoms with Crippen molar-refractivity contribution in [1.29, 1.82) is 0 Å². The van der Waals surface area contributed by atoms with E-state index in [4.69, 9.17) is 0 Å². The highest BCUT2D eigenvalue weighted by Crippen LogP contribution is 2.29. The van der Waals surface area contributed by atoms with Gasteiger partial charge in [-0.1, -0.05) is 69.3 Å². The lowest BCUT2D eigenvalue weighted by atomic mass is 9.96. The summed E-state index contributed by atoms with van der Waals surface area (Å²) < 4.78 is 0. The average molecular weight is 275 g/mol. The Kier molecular flexibility index (Phi) is 3.50. The summed E-state index contributed by atoms with van der Waals surface area (Å²) in [6.45, 7) is 7.27. The molecule has 106 valence electrons. The fraction of sp³-hybridized carbons (Fsp3) is 0.250. The molecule has 1 nitrogen and oxygen atoms in total. The summed E-state index contributed by atoms with van der Waals surface area (Å²) in [5.41, 5.74) is 1.45. The van der Waals surface area contributed by atoms with Crippen LogP contribution in [0, 0.1) is 5.41 Å². The molecule has 0 N–H and O–H groups in total. The molecule has 0 radical (unpaired) electrons. The third kappa shape index (κ3) is 2.97. The minimum atomic E-state index is 0.125. The summed E-state index contributed by atoms with van der Waals surface area (Å²) in [6.07, 6.45) is 2.06. The summed E-state index contributed by atoms with van der Waals surface area (Å²) in [7, 11) is 0. The lowest BCUT2D eigenvalue weighted by molar-refractivity contribution is 0.604. The van der Waals surface area contributed by atoms with Crippen molar-refractivity contribution >= 4 is 27.8 Å². The van der Waals surface area contributed by atoms with Crippen LogP contribution in [0.3, 0.4) is 0 Å². The SMILES string of the molecule is CC(C)(C)C=NCc1c2ccccc2cc2ccccc12. The molecule has 0 aliphatic heterocycles. The Morgan fingerprint density at radius 3 is 1.90 bits per heavy atom. The van der Waals surface area contributed by atoms with Gasteiger partial charge >= 0.3 is 0 Å². The van der Waals surface area contributed by atoms with Crippen molar-refractivity contribution in [3.63, 3.8) is 0 Å². The second kappa shape index (κ2) is 5.33. The van der Waals surface area contributed by atoms with E-state index >= 15 is 0 Å². The van der Waals surface area contributed by atoms with Crippen LogP contribution in [0.1, 0.15) is 26.3 Å². The predicted octanol–water partition coefficient (Wildman–Crippen LogP) is 5.61. The molecule has 0 unspecified atom stereocenters. The van der Waals surface area contributed by atoms with E-state index in [0.717, 1.165) is 6.54 Å². The quantitative estimate of drug-likeness (QED) is 0.426. The number of nitrogens with zero attached hydrogens (tertiary/aromatic N) is 1. The molecule has 3 rings (SSSR count). The number of hydrogen-bond donors (Lipinski definition) is 0. The summed E-state index contributed by atoms with van der Waals surface area (Å²) in [6, 6.07) is 19.4. The third-order valence-electron chi connectivity index (χ3n) is 3.61. The van der Waals surface area contributed by atoms with Crippen molar-refractivity contribution in [2.75, 3.05) is 0 Å². The van der Waals surface area contributed by atoms with Crippen LogP contribution < -0.4 is 0 Å². The molecule has 21 heavy (non-hydrogen) atoms. The highest BCUT2D eigenvalue weighted by atomic mass is 14.7. The molecule has 3 aromatic carbocycles. The lowest BCUT2D eigenvalue weighted by Gasteiger charge is -2.12. The zero-order valence-corrected chi connectivity index (χ0v) is 12.9. The molecule has 0 aliphatic rings. The van der Waals surface area contributed by atoms with Crippen molar-refractivity contribution in [2.45, 2.75) is 27.3 Å². The van der Waals surface area contributed by atoms with E-state index in [1.54, 1.807) is 0 Å². The molecule has 0 spiro atoms. The summed E-state index contributed by atoms with van der Waals surface area (Å²) >= 11 is 0. The van der Waals surface area contributed by atoms with Crippen LogP contribution in [0.4, 0.5) is 0 Å². The Morgan fingerprint density at radius 2 is 1.38 bits per heavy atom. The van der Waals surface area contributed by atoms with Gasteiger partial charge in [0.1, 0.15) is 0 Å². The highest BCUT2D eigenvalue weighted by molar-refractivity contribution is 6.02. The fourth-order valence-corrected chi connectivity index (χ4v) is 2.69. The van der Waals surface area contributed by atoms with Gasteiger partial charge in [0.25, 0.3) is 0 Å². The number of hydrogen-bond acceptors (Lipinski definition) is 1. The number of rotatable bonds is 2. The Bertz CT molecular complexity index is 753. The molecule has 0 aromatic heterocycles. The van der Waals surface area contributed by atoms with E-state index in [9.17, 15) is 0 Å². The van der Waals surface area contributed by atoms with Crippen molar-refractivity contribution in [2.24, 2.45) is 10.4 Å². The van der Waals surface area contributed by atoms with Crippen molar-refractivity contribution < 1.29 is 0 Å². The van der Waals surface area contributed by atoms with Gasteiger partial charge in [0, 0.05) is 6.21 Å². The average Bonchev–Trinajstić information content (AvgIpc) is 2.45. The summed E-state index contributed by atoms with van der Waals surface area (Å²) in [5, 5.41) is 5.19. The molecule has 0 bridgehead atoms. The molecule has 0 atom stereocenters. The molecule has 0 aliphatic carbocycles. The van der Waals surface area contributed by atoms with E-state index in [-0.39, 0.29) is 5.41 Å². The van der Waals surface area contributed by atoms with Crippen molar-refractivity contribution in [3.05, 3.63) is 60.2 Å². The topological polar surface area (TPSA) is 12.4 Å². The smallest absolute Gasteiger partial charge is 0.0648 e. The van der Waals surface area contributed by atoms with Gasteiger partial charge in [0.05, 0.1) is 6.54 Å². The lowest BCUT2D eigenvalue weighted by Crippen LogP contribution is -2.06. The monoisotopic (exact) mass is 275 g/mol. The van der Waals surface area contributed by atoms with Crippen LogP contribution in [0.25, 0.3) is 21.5 Å². The molecule has 0 heterocycles. The third-order valence-corrected chi connectivity index (χ3v) is 3.61. The first-order valence-corrected chi connectivity index (χ1v) is 7.45. The Hall–Kier alpha value is -2.15.